The maximum absolute atomic E-state index is 13.9. The first-order chi connectivity index (χ1) is 17.3. The summed E-state index contributed by atoms with van der Waals surface area (Å²) >= 11 is 0. The molecule has 2 aliphatic rings. The maximum atomic E-state index is 13.9. The average molecular weight is 514 g/mol. The highest BCUT2D eigenvalue weighted by Crippen LogP contribution is 2.46. The zero-order valence-electron chi connectivity index (χ0n) is 22.6. The first-order valence-corrected chi connectivity index (χ1v) is 12.8. The molecule has 1 saturated heterocycles. The number of fused-ring (bicyclic) bond motifs is 2. The summed E-state index contributed by atoms with van der Waals surface area (Å²) in [5.41, 5.74) is -0.0846. The van der Waals surface area contributed by atoms with Crippen LogP contribution in [-0.2, 0) is 19.7 Å². The quantitative estimate of drug-likeness (QED) is 0.455. The van der Waals surface area contributed by atoms with E-state index < -0.39 is 35.4 Å². The molecule has 1 aromatic carbocycles. The molecule has 3 N–H and O–H groups in total. The fourth-order valence-electron chi connectivity index (χ4n) is 5.09. The van der Waals surface area contributed by atoms with Crippen molar-refractivity contribution in [1.82, 2.24) is 15.1 Å². The number of nitrogens with zero attached hydrogens (tertiary/aromatic N) is 3. The SMILES string of the molecule is CC(C)C[C@@H](C(=O)N1C[C@]2(C[C@H]1C#N)C(=O)Nc1ccccc12)N(C)C(O)CCNC(=O)OC(C)(C)C. The van der Waals surface area contributed by atoms with E-state index in [0.29, 0.717) is 12.1 Å². The van der Waals surface area contributed by atoms with E-state index in [9.17, 15) is 24.8 Å². The molecule has 1 unspecified atom stereocenters. The molecule has 2 heterocycles. The highest BCUT2D eigenvalue weighted by molar-refractivity contribution is 6.07. The van der Waals surface area contributed by atoms with E-state index in [4.69, 9.17) is 4.74 Å². The number of hydrogen-bond acceptors (Lipinski definition) is 7. The van der Waals surface area contributed by atoms with Gasteiger partial charge >= 0.3 is 6.09 Å². The fourth-order valence-corrected chi connectivity index (χ4v) is 5.09. The number of ether oxygens (including phenoxy) is 1. The Hall–Kier alpha value is -3.16. The molecule has 0 aromatic heterocycles. The van der Waals surface area contributed by atoms with Crippen LogP contribution in [0, 0.1) is 17.2 Å². The zero-order valence-corrected chi connectivity index (χ0v) is 22.6. The van der Waals surface area contributed by atoms with Gasteiger partial charge in [0.25, 0.3) is 0 Å². The maximum Gasteiger partial charge on any atom is 0.407 e. The molecule has 0 saturated carbocycles. The van der Waals surface area contributed by atoms with Crippen molar-refractivity contribution in [2.45, 2.75) is 83.2 Å². The van der Waals surface area contributed by atoms with Crippen LogP contribution >= 0.6 is 0 Å². The Morgan fingerprint density at radius 2 is 2.03 bits per heavy atom. The third kappa shape index (κ3) is 6.22. The summed E-state index contributed by atoms with van der Waals surface area (Å²) in [7, 11) is 1.66. The van der Waals surface area contributed by atoms with Gasteiger partial charge in [-0.2, -0.15) is 5.26 Å². The first-order valence-electron chi connectivity index (χ1n) is 12.8. The molecular weight excluding hydrogens is 474 g/mol. The lowest BCUT2D eigenvalue weighted by Gasteiger charge is -2.35. The number of rotatable bonds is 8. The molecule has 1 aromatic rings. The third-order valence-corrected chi connectivity index (χ3v) is 6.93. The summed E-state index contributed by atoms with van der Waals surface area (Å²) in [5, 5.41) is 26.3. The van der Waals surface area contributed by atoms with Gasteiger partial charge in [0.1, 0.15) is 17.9 Å². The summed E-state index contributed by atoms with van der Waals surface area (Å²) in [6, 6.07) is 8.13. The van der Waals surface area contributed by atoms with Crippen LogP contribution in [-0.4, -0.2) is 76.9 Å². The molecule has 4 atom stereocenters. The minimum atomic E-state index is -1.02. The molecule has 37 heavy (non-hydrogen) atoms. The van der Waals surface area contributed by atoms with Gasteiger partial charge in [0.05, 0.1) is 17.5 Å². The Bertz CT molecular complexity index is 1060. The van der Waals surface area contributed by atoms with E-state index >= 15 is 0 Å². The molecule has 1 spiro atoms. The Balaban J connectivity index is 1.74. The Kier molecular flexibility index (Phi) is 8.50. The number of amides is 3. The van der Waals surface area contributed by atoms with Crippen molar-refractivity contribution < 1.29 is 24.2 Å². The number of likely N-dealkylation sites (N-methyl/N-ethyl adjacent to an activating group) is 1. The molecule has 0 bridgehead atoms. The van der Waals surface area contributed by atoms with Crippen LogP contribution in [0.25, 0.3) is 0 Å². The van der Waals surface area contributed by atoms with Crippen molar-refractivity contribution in [2.24, 2.45) is 5.92 Å². The molecule has 0 radical (unpaired) electrons. The van der Waals surface area contributed by atoms with Crippen LogP contribution in [0.4, 0.5) is 10.5 Å². The van der Waals surface area contributed by atoms with Gasteiger partial charge in [0.15, 0.2) is 0 Å². The Labute approximate surface area is 218 Å². The third-order valence-electron chi connectivity index (χ3n) is 6.93. The lowest BCUT2D eigenvalue weighted by Crippen LogP contribution is -2.53. The number of carbonyl (C=O) groups is 3. The zero-order chi connectivity index (χ0) is 27.5. The molecule has 2 aliphatic heterocycles. The average Bonchev–Trinajstić information content (AvgIpc) is 3.33. The topological polar surface area (TPSA) is 135 Å². The van der Waals surface area contributed by atoms with Crippen molar-refractivity contribution in [3.05, 3.63) is 29.8 Å². The lowest BCUT2D eigenvalue weighted by molar-refractivity contribution is -0.142. The molecule has 10 heteroatoms. The smallest absolute Gasteiger partial charge is 0.407 e. The number of aliphatic hydroxyl groups excluding tert-OH is 1. The van der Waals surface area contributed by atoms with Gasteiger partial charge < -0.3 is 25.4 Å². The largest absolute Gasteiger partial charge is 0.444 e. The number of nitriles is 1. The minimum Gasteiger partial charge on any atom is -0.444 e. The summed E-state index contributed by atoms with van der Waals surface area (Å²) in [4.78, 5) is 42.0. The van der Waals surface area contributed by atoms with E-state index in [1.807, 2.05) is 38.1 Å². The normalized spacial score (nSPS) is 22.5. The number of carbonyl (C=O) groups excluding carboxylic acids is 3. The van der Waals surface area contributed by atoms with E-state index in [-0.39, 0.29) is 43.7 Å². The number of aliphatic hydroxyl groups is 1. The van der Waals surface area contributed by atoms with Gasteiger partial charge in [-0.3, -0.25) is 14.5 Å². The number of hydrogen-bond donors (Lipinski definition) is 3. The molecule has 202 valence electrons. The van der Waals surface area contributed by atoms with Crippen molar-refractivity contribution in [1.29, 1.82) is 5.26 Å². The van der Waals surface area contributed by atoms with Crippen molar-refractivity contribution in [3.63, 3.8) is 0 Å². The van der Waals surface area contributed by atoms with Crippen LogP contribution in [0.3, 0.4) is 0 Å². The first kappa shape index (κ1) is 28.4. The van der Waals surface area contributed by atoms with Crippen LogP contribution in [0.2, 0.25) is 0 Å². The Morgan fingerprint density at radius 1 is 1.35 bits per heavy atom. The van der Waals surface area contributed by atoms with Gasteiger partial charge in [0.2, 0.25) is 11.8 Å². The van der Waals surface area contributed by atoms with Crippen molar-refractivity contribution in [3.8, 4) is 6.07 Å². The lowest BCUT2D eigenvalue weighted by atomic mass is 9.80. The van der Waals surface area contributed by atoms with Gasteiger partial charge in [-0.25, -0.2) is 4.79 Å². The van der Waals surface area contributed by atoms with E-state index in [1.54, 1.807) is 32.7 Å². The van der Waals surface area contributed by atoms with Gasteiger partial charge in [0, 0.05) is 31.6 Å². The van der Waals surface area contributed by atoms with E-state index in [2.05, 4.69) is 16.7 Å². The number of benzene rings is 1. The predicted octanol–water partition coefficient (Wildman–Crippen LogP) is 2.58. The Morgan fingerprint density at radius 3 is 2.65 bits per heavy atom. The fraction of sp³-hybridized carbons (Fsp3) is 0.630. The second kappa shape index (κ2) is 11.1. The van der Waals surface area contributed by atoms with Crippen LogP contribution in [0.15, 0.2) is 24.3 Å². The van der Waals surface area contributed by atoms with Crippen LogP contribution in [0.5, 0.6) is 0 Å². The standard InChI is InChI=1S/C27H39N5O5/c1-17(2)13-21(31(6)22(33)11-12-29-25(36)37-26(3,4)5)23(34)32-16-27(14-18(32)15-28)19-9-7-8-10-20(19)30-24(27)35/h7-10,17-18,21-22,33H,11-14,16H2,1-6H3,(H,29,36)(H,30,35)/t18-,21-,22?,27-/m0/s1. The van der Waals surface area contributed by atoms with Gasteiger partial charge in [-0.1, -0.05) is 32.0 Å². The molecular formula is C27H39N5O5. The number of para-hydroxylation sites is 1. The monoisotopic (exact) mass is 513 g/mol. The van der Waals surface area contributed by atoms with Crippen molar-refractivity contribution >= 4 is 23.6 Å². The van der Waals surface area contributed by atoms with Crippen molar-refractivity contribution in [2.75, 3.05) is 25.5 Å². The van der Waals surface area contributed by atoms with Crippen LogP contribution in [0.1, 0.15) is 59.4 Å². The number of alkyl carbamates (subject to hydrolysis) is 1. The van der Waals surface area contributed by atoms with E-state index in [1.165, 1.54) is 4.90 Å². The summed E-state index contributed by atoms with van der Waals surface area (Å²) in [6.07, 6.45) is -0.741. The molecule has 3 amide bonds. The second-order valence-corrected chi connectivity index (χ2v) is 11.4. The minimum absolute atomic E-state index is 0.103. The molecule has 0 aliphatic carbocycles. The van der Waals surface area contributed by atoms with Crippen LogP contribution < -0.4 is 10.6 Å². The predicted molar refractivity (Wildman–Crippen MR) is 138 cm³/mol. The van der Waals surface area contributed by atoms with E-state index in [0.717, 1.165) is 5.56 Å². The summed E-state index contributed by atoms with van der Waals surface area (Å²) in [5.74, 6) is -0.363. The van der Waals surface area contributed by atoms with Gasteiger partial charge in [-0.05, 0) is 51.8 Å². The van der Waals surface area contributed by atoms with Gasteiger partial charge in [-0.15, -0.1) is 0 Å². The number of nitrogens with one attached hydrogen (secondary N) is 2. The number of anilines is 1. The highest BCUT2D eigenvalue weighted by atomic mass is 16.6. The summed E-state index contributed by atoms with van der Waals surface area (Å²) < 4.78 is 5.22. The number of likely N-dealkylation sites (tertiary alicyclic amines) is 1. The highest BCUT2D eigenvalue weighted by Gasteiger charge is 2.56. The summed E-state index contributed by atoms with van der Waals surface area (Å²) in [6.45, 7) is 9.53. The molecule has 1 fully saturated rings. The molecule has 3 rings (SSSR count). The molecule has 10 nitrogen and oxygen atoms in total. The second-order valence-electron chi connectivity index (χ2n) is 11.4.